The molecule has 0 radical (unpaired) electrons. The highest BCUT2D eigenvalue weighted by molar-refractivity contribution is 5.22. The standard InChI is InChI=1S/C13H18N2O/c1-2-7-15-12(5-1)13(9-16-10-13)11-4-3-6-14-8-11/h1-2,5,7,11,14H,3-4,6,8-10H2. The molecule has 2 saturated heterocycles. The molecule has 0 aliphatic carbocycles. The fourth-order valence-corrected chi connectivity index (χ4v) is 2.90. The average molecular weight is 218 g/mol. The predicted octanol–water partition coefficient (Wildman–Crippen LogP) is 1.35. The van der Waals surface area contributed by atoms with Crippen molar-refractivity contribution in [2.24, 2.45) is 5.92 Å². The number of hydrogen-bond donors (Lipinski definition) is 1. The Kier molecular flexibility index (Phi) is 2.65. The Bertz CT molecular complexity index is 342. The highest BCUT2D eigenvalue weighted by Crippen LogP contribution is 2.41. The summed E-state index contributed by atoms with van der Waals surface area (Å²) in [6, 6.07) is 6.21. The summed E-state index contributed by atoms with van der Waals surface area (Å²) in [5.41, 5.74) is 1.41. The number of nitrogens with one attached hydrogen (secondary N) is 1. The summed E-state index contributed by atoms with van der Waals surface area (Å²) in [5, 5.41) is 3.50. The van der Waals surface area contributed by atoms with Gasteiger partial charge in [0.1, 0.15) is 0 Å². The number of piperidine rings is 1. The first kappa shape index (κ1) is 10.2. The molecule has 2 fully saturated rings. The Hall–Kier alpha value is -0.930. The number of rotatable bonds is 2. The minimum absolute atomic E-state index is 0.189. The van der Waals surface area contributed by atoms with E-state index in [1.165, 1.54) is 18.5 Å². The zero-order chi connectivity index (χ0) is 10.8. The van der Waals surface area contributed by atoms with Gasteiger partial charge in [-0.15, -0.1) is 0 Å². The Morgan fingerprint density at radius 1 is 1.38 bits per heavy atom. The van der Waals surface area contributed by atoms with Crippen LogP contribution >= 0.6 is 0 Å². The normalized spacial score (nSPS) is 28.4. The van der Waals surface area contributed by atoms with E-state index >= 15 is 0 Å². The maximum absolute atomic E-state index is 5.48. The lowest BCUT2D eigenvalue weighted by Crippen LogP contribution is -2.56. The van der Waals surface area contributed by atoms with Gasteiger partial charge in [0, 0.05) is 6.20 Å². The van der Waals surface area contributed by atoms with Crippen LogP contribution in [0.2, 0.25) is 0 Å². The molecular formula is C13H18N2O. The third kappa shape index (κ3) is 1.55. The summed E-state index contributed by atoms with van der Waals surface area (Å²) in [6.07, 6.45) is 4.47. The lowest BCUT2D eigenvalue weighted by molar-refractivity contribution is -0.0969. The van der Waals surface area contributed by atoms with E-state index < -0.39 is 0 Å². The van der Waals surface area contributed by atoms with Gasteiger partial charge in [0.05, 0.1) is 24.3 Å². The molecule has 86 valence electrons. The van der Waals surface area contributed by atoms with Crippen LogP contribution in [0.5, 0.6) is 0 Å². The van der Waals surface area contributed by atoms with Crippen LogP contribution in [0, 0.1) is 5.92 Å². The van der Waals surface area contributed by atoms with E-state index in [9.17, 15) is 0 Å². The van der Waals surface area contributed by atoms with Crippen LogP contribution in [-0.4, -0.2) is 31.3 Å². The Morgan fingerprint density at radius 3 is 2.88 bits per heavy atom. The molecule has 3 nitrogen and oxygen atoms in total. The molecule has 3 heterocycles. The molecular weight excluding hydrogens is 200 g/mol. The van der Waals surface area contributed by atoms with Gasteiger partial charge in [-0.25, -0.2) is 0 Å². The van der Waals surface area contributed by atoms with Crippen molar-refractivity contribution < 1.29 is 4.74 Å². The van der Waals surface area contributed by atoms with E-state index in [0.717, 1.165) is 26.3 Å². The van der Waals surface area contributed by atoms with Gasteiger partial charge in [-0.1, -0.05) is 6.07 Å². The van der Waals surface area contributed by atoms with Gasteiger partial charge in [-0.3, -0.25) is 4.98 Å². The predicted molar refractivity (Wildman–Crippen MR) is 62.3 cm³/mol. The minimum atomic E-state index is 0.189. The van der Waals surface area contributed by atoms with Crippen molar-refractivity contribution in [1.82, 2.24) is 10.3 Å². The van der Waals surface area contributed by atoms with E-state index in [4.69, 9.17) is 4.74 Å². The van der Waals surface area contributed by atoms with Gasteiger partial charge in [0.15, 0.2) is 0 Å². The van der Waals surface area contributed by atoms with Crippen LogP contribution in [0.3, 0.4) is 0 Å². The molecule has 1 N–H and O–H groups in total. The monoisotopic (exact) mass is 218 g/mol. The average Bonchev–Trinajstić information content (AvgIpc) is 2.31. The molecule has 0 bridgehead atoms. The molecule has 1 atom stereocenters. The lowest BCUT2D eigenvalue weighted by Gasteiger charge is -2.48. The van der Waals surface area contributed by atoms with Crippen molar-refractivity contribution >= 4 is 0 Å². The summed E-state index contributed by atoms with van der Waals surface area (Å²) >= 11 is 0. The maximum Gasteiger partial charge on any atom is 0.0633 e. The summed E-state index contributed by atoms with van der Waals surface area (Å²) in [7, 11) is 0. The summed E-state index contributed by atoms with van der Waals surface area (Å²) < 4.78 is 5.48. The quantitative estimate of drug-likeness (QED) is 0.813. The molecule has 16 heavy (non-hydrogen) atoms. The molecule has 3 heteroatoms. The van der Waals surface area contributed by atoms with Crippen molar-refractivity contribution in [3.63, 3.8) is 0 Å². The molecule has 0 aromatic carbocycles. The second kappa shape index (κ2) is 4.15. The third-order valence-corrected chi connectivity index (χ3v) is 3.97. The molecule has 0 amide bonds. The molecule has 1 aromatic rings. The van der Waals surface area contributed by atoms with E-state index in [2.05, 4.69) is 22.4 Å². The van der Waals surface area contributed by atoms with Crippen molar-refractivity contribution in [1.29, 1.82) is 0 Å². The molecule has 0 saturated carbocycles. The van der Waals surface area contributed by atoms with Gasteiger partial charge in [-0.2, -0.15) is 0 Å². The summed E-state index contributed by atoms with van der Waals surface area (Å²) in [5.74, 6) is 0.685. The Labute approximate surface area is 96.2 Å². The largest absolute Gasteiger partial charge is 0.379 e. The minimum Gasteiger partial charge on any atom is -0.379 e. The van der Waals surface area contributed by atoms with Crippen LogP contribution < -0.4 is 5.32 Å². The topological polar surface area (TPSA) is 34.1 Å². The summed E-state index contributed by atoms with van der Waals surface area (Å²) in [4.78, 5) is 4.54. The summed E-state index contributed by atoms with van der Waals surface area (Å²) in [6.45, 7) is 3.96. The zero-order valence-corrected chi connectivity index (χ0v) is 9.48. The number of hydrogen-bond acceptors (Lipinski definition) is 3. The highest BCUT2D eigenvalue weighted by atomic mass is 16.5. The van der Waals surface area contributed by atoms with Gasteiger partial charge in [-0.05, 0) is 44.0 Å². The maximum atomic E-state index is 5.48. The first-order chi connectivity index (χ1) is 7.92. The second-order valence-electron chi connectivity index (χ2n) is 4.91. The molecule has 1 aromatic heterocycles. The fourth-order valence-electron chi connectivity index (χ4n) is 2.90. The van der Waals surface area contributed by atoms with Crippen molar-refractivity contribution in [2.75, 3.05) is 26.3 Å². The number of pyridine rings is 1. The number of nitrogens with zero attached hydrogens (tertiary/aromatic N) is 1. The zero-order valence-electron chi connectivity index (χ0n) is 9.48. The van der Waals surface area contributed by atoms with Crippen molar-refractivity contribution in [3.05, 3.63) is 30.1 Å². The second-order valence-corrected chi connectivity index (χ2v) is 4.91. The first-order valence-corrected chi connectivity index (χ1v) is 6.12. The first-order valence-electron chi connectivity index (χ1n) is 6.12. The van der Waals surface area contributed by atoms with E-state index in [-0.39, 0.29) is 5.41 Å². The third-order valence-electron chi connectivity index (χ3n) is 3.97. The molecule has 3 rings (SSSR count). The molecule has 1 unspecified atom stereocenters. The van der Waals surface area contributed by atoms with E-state index in [1.807, 2.05) is 12.3 Å². The highest BCUT2D eigenvalue weighted by Gasteiger charge is 2.48. The van der Waals surface area contributed by atoms with Gasteiger partial charge < -0.3 is 10.1 Å². The molecule has 2 aliphatic heterocycles. The Balaban J connectivity index is 1.87. The lowest BCUT2D eigenvalue weighted by atomic mass is 9.68. The smallest absolute Gasteiger partial charge is 0.0633 e. The van der Waals surface area contributed by atoms with Gasteiger partial charge in [0.2, 0.25) is 0 Å². The van der Waals surface area contributed by atoms with Crippen molar-refractivity contribution in [2.45, 2.75) is 18.3 Å². The van der Waals surface area contributed by atoms with Gasteiger partial charge in [0.25, 0.3) is 0 Å². The molecule has 0 spiro atoms. The number of aromatic nitrogens is 1. The van der Waals surface area contributed by atoms with Crippen LogP contribution in [0.4, 0.5) is 0 Å². The SMILES string of the molecule is c1ccc(C2(C3CCCNC3)COC2)nc1. The van der Waals surface area contributed by atoms with Gasteiger partial charge >= 0.3 is 0 Å². The van der Waals surface area contributed by atoms with Crippen LogP contribution in [0.15, 0.2) is 24.4 Å². The van der Waals surface area contributed by atoms with Crippen LogP contribution in [-0.2, 0) is 10.2 Å². The van der Waals surface area contributed by atoms with E-state index in [0.29, 0.717) is 5.92 Å². The fraction of sp³-hybridized carbons (Fsp3) is 0.615. The van der Waals surface area contributed by atoms with Crippen molar-refractivity contribution in [3.8, 4) is 0 Å². The molecule has 2 aliphatic rings. The Morgan fingerprint density at radius 2 is 2.31 bits per heavy atom. The van der Waals surface area contributed by atoms with Crippen LogP contribution in [0.1, 0.15) is 18.5 Å². The van der Waals surface area contributed by atoms with E-state index in [1.54, 1.807) is 0 Å². The van der Waals surface area contributed by atoms with Crippen LogP contribution in [0.25, 0.3) is 0 Å². The number of ether oxygens (including phenoxy) is 1.